The summed E-state index contributed by atoms with van der Waals surface area (Å²) in [5.41, 5.74) is 3.09. The van der Waals surface area contributed by atoms with Crippen LogP contribution in [0.15, 0.2) is 42.6 Å². The number of hydrogen-bond donors (Lipinski definition) is 2. The molecule has 0 fully saturated rings. The molecule has 110 valence electrons. The maximum absolute atomic E-state index is 11.8. The van der Waals surface area contributed by atoms with Gasteiger partial charge in [0.25, 0.3) is 0 Å². The second kappa shape index (κ2) is 7.28. The number of nitrogens with zero attached hydrogens (tertiary/aromatic N) is 1. The van der Waals surface area contributed by atoms with Crippen molar-refractivity contribution in [3.63, 3.8) is 0 Å². The van der Waals surface area contributed by atoms with Crippen molar-refractivity contribution >= 4 is 6.03 Å². The molecule has 0 unspecified atom stereocenters. The largest absolute Gasteiger partial charge is 0.481 e. The highest BCUT2D eigenvalue weighted by atomic mass is 16.5. The Bertz CT molecular complexity index is 614. The molecule has 2 aromatic rings. The lowest BCUT2D eigenvalue weighted by molar-refractivity contribution is 0.240. The number of carbonyl (C=O) groups excluding carboxylic acids is 1. The van der Waals surface area contributed by atoms with Gasteiger partial charge in [0, 0.05) is 24.8 Å². The van der Waals surface area contributed by atoms with Crippen molar-refractivity contribution in [3.8, 4) is 5.88 Å². The predicted octanol–water partition coefficient (Wildman–Crippen LogP) is 2.40. The van der Waals surface area contributed by atoms with Crippen molar-refractivity contribution < 1.29 is 9.53 Å². The van der Waals surface area contributed by atoms with Gasteiger partial charge in [0.05, 0.1) is 7.11 Å². The van der Waals surface area contributed by atoms with Gasteiger partial charge in [-0.05, 0) is 18.6 Å². The van der Waals surface area contributed by atoms with Crippen LogP contribution in [-0.2, 0) is 13.1 Å². The molecule has 0 saturated carbocycles. The van der Waals surface area contributed by atoms with E-state index in [9.17, 15) is 4.79 Å². The van der Waals surface area contributed by atoms with Crippen LogP contribution in [0.2, 0.25) is 0 Å². The smallest absolute Gasteiger partial charge is 0.315 e. The Morgan fingerprint density at radius 1 is 1.19 bits per heavy atom. The van der Waals surface area contributed by atoms with Crippen molar-refractivity contribution in [2.24, 2.45) is 0 Å². The molecule has 0 aliphatic heterocycles. The lowest BCUT2D eigenvalue weighted by Crippen LogP contribution is -2.34. The number of aromatic nitrogens is 1. The van der Waals surface area contributed by atoms with Crippen LogP contribution in [0.1, 0.15) is 16.7 Å². The van der Waals surface area contributed by atoms with E-state index in [1.807, 2.05) is 43.3 Å². The number of pyridine rings is 1. The molecule has 1 aromatic heterocycles. The molecule has 2 amide bonds. The van der Waals surface area contributed by atoms with Crippen LogP contribution in [0, 0.1) is 6.92 Å². The first-order chi connectivity index (χ1) is 10.2. The first kappa shape index (κ1) is 14.8. The predicted molar refractivity (Wildman–Crippen MR) is 81.0 cm³/mol. The third-order valence-corrected chi connectivity index (χ3v) is 3.02. The zero-order valence-electron chi connectivity index (χ0n) is 12.2. The van der Waals surface area contributed by atoms with Gasteiger partial charge in [-0.25, -0.2) is 9.78 Å². The molecule has 1 heterocycles. The van der Waals surface area contributed by atoms with Crippen LogP contribution < -0.4 is 15.4 Å². The second-order valence-electron chi connectivity index (χ2n) is 4.70. The fraction of sp³-hybridized carbons (Fsp3) is 0.250. The second-order valence-corrected chi connectivity index (χ2v) is 4.70. The zero-order chi connectivity index (χ0) is 15.1. The normalized spacial score (nSPS) is 10.0. The number of amides is 2. The number of urea groups is 1. The van der Waals surface area contributed by atoms with Gasteiger partial charge in [-0.3, -0.25) is 0 Å². The quantitative estimate of drug-likeness (QED) is 0.886. The van der Waals surface area contributed by atoms with Gasteiger partial charge in [0.15, 0.2) is 0 Å². The van der Waals surface area contributed by atoms with E-state index in [1.54, 1.807) is 13.3 Å². The molecule has 0 bridgehead atoms. The average Bonchev–Trinajstić information content (AvgIpc) is 2.51. The summed E-state index contributed by atoms with van der Waals surface area (Å²) in [4.78, 5) is 15.9. The number of aryl methyl sites for hydroxylation is 1. The number of carbonyl (C=O) groups is 1. The minimum absolute atomic E-state index is 0.220. The third kappa shape index (κ3) is 4.49. The van der Waals surface area contributed by atoms with E-state index in [1.165, 1.54) is 5.56 Å². The molecule has 21 heavy (non-hydrogen) atoms. The van der Waals surface area contributed by atoms with E-state index in [2.05, 4.69) is 15.6 Å². The monoisotopic (exact) mass is 285 g/mol. The summed E-state index contributed by atoms with van der Waals surface area (Å²) in [6, 6.07) is 11.5. The standard InChI is InChI=1S/C16H19N3O2/c1-12-5-3-6-13(9-12)10-18-16(20)19-11-14-7-4-8-17-15(14)21-2/h3-9H,10-11H2,1-2H3,(H2,18,19,20). The van der Waals surface area contributed by atoms with Gasteiger partial charge in [-0.15, -0.1) is 0 Å². The summed E-state index contributed by atoms with van der Waals surface area (Å²) in [6.07, 6.45) is 1.65. The first-order valence-corrected chi connectivity index (χ1v) is 6.74. The molecular weight excluding hydrogens is 266 g/mol. The van der Waals surface area contributed by atoms with Crippen LogP contribution in [0.3, 0.4) is 0 Å². The van der Waals surface area contributed by atoms with E-state index in [0.29, 0.717) is 19.0 Å². The van der Waals surface area contributed by atoms with E-state index in [-0.39, 0.29) is 6.03 Å². The molecule has 2 rings (SSSR count). The first-order valence-electron chi connectivity index (χ1n) is 6.74. The fourth-order valence-corrected chi connectivity index (χ4v) is 1.98. The minimum atomic E-state index is -0.220. The minimum Gasteiger partial charge on any atom is -0.481 e. The Morgan fingerprint density at radius 3 is 2.76 bits per heavy atom. The molecule has 5 nitrogen and oxygen atoms in total. The SMILES string of the molecule is COc1ncccc1CNC(=O)NCc1cccc(C)c1. The Kier molecular flexibility index (Phi) is 5.15. The summed E-state index contributed by atoms with van der Waals surface area (Å²) < 4.78 is 5.14. The zero-order valence-corrected chi connectivity index (χ0v) is 12.2. The highest BCUT2D eigenvalue weighted by Gasteiger charge is 2.05. The maximum atomic E-state index is 11.8. The van der Waals surface area contributed by atoms with Crippen LogP contribution in [0.25, 0.3) is 0 Å². The topological polar surface area (TPSA) is 63.2 Å². The van der Waals surface area contributed by atoms with Gasteiger partial charge >= 0.3 is 6.03 Å². The van der Waals surface area contributed by atoms with Crippen molar-refractivity contribution in [1.29, 1.82) is 0 Å². The fourth-order valence-electron chi connectivity index (χ4n) is 1.98. The summed E-state index contributed by atoms with van der Waals surface area (Å²) in [5.74, 6) is 0.525. The summed E-state index contributed by atoms with van der Waals surface area (Å²) in [6.45, 7) is 2.90. The van der Waals surface area contributed by atoms with Crippen LogP contribution >= 0.6 is 0 Å². The number of hydrogen-bond acceptors (Lipinski definition) is 3. The molecule has 0 spiro atoms. The van der Waals surface area contributed by atoms with Gasteiger partial charge < -0.3 is 15.4 Å². The number of methoxy groups -OCH3 is 1. The maximum Gasteiger partial charge on any atom is 0.315 e. The molecular formula is C16H19N3O2. The average molecular weight is 285 g/mol. The van der Waals surface area contributed by atoms with E-state index < -0.39 is 0 Å². The van der Waals surface area contributed by atoms with E-state index in [0.717, 1.165) is 11.1 Å². The molecule has 5 heteroatoms. The van der Waals surface area contributed by atoms with Crippen LogP contribution in [0.5, 0.6) is 5.88 Å². The Morgan fingerprint density at radius 2 is 2.00 bits per heavy atom. The molecule has 0 aliphatic rings. The van der Waals surface area contributed by atoms with Gasteiger partial charge in [0.2, 0.25) is 5.88 Å². The molecule has 0 atom stereocenters. The number of ether oxygens (including phenoxy) is 1. The lowest BCUT2D eigenvalue weighted by Gasteiger charge is -2.10. The Hall–Kier alpha value is -2.56. The number of nitrogens with one attached hydrogen (secondary N) is 2. The highest BCUT2D eigenvalue weighted by molar-refractivity contribution is 5.73. The molecule has 0 radical (unpaired) electrons. The van der Waals surface area contributed by atoms with E-state index >= 15 is 0 Å². The van der Waals surface area contributed by atoms with Crippen molar-refractivity contribution in [2.45, 2.75) is 20.0 Å². The molecule has 1 aromatic carbocycles. The summed E-state index contributed by atoms with van der Waals surface area (Å²) in [5, 5.41) is 5.61. The van der Waals surface area contributed by atoms with E-state index in [4.69, 9.17) is 4.74 Å². The third-order valence-electron chi connectivity index (χ3n) is 3.02. The van der Waals surface area contributed by atoms with Crippen LogP contribution in [-0.4, -0.2) is 18.1 Å². The van der Waals surface area contributed by atoms with Crippen molar-refractivity contribution in [2.75, 3.05) is 7.11 Å². The van der Waals surface area contributed by atoms with Crippen LogP contribution in [0.4, 0.5) is 4.79 Å². The summed E-state index contributed by atoms with van der Waals surface area (Å²) in [7, 11) is 1.56. The molecule has 2 N–H and O–H groups in total. The highest BCUT2D eigenvalue weighted by Crippen LogP contribution is 2.12. The number of rotatable bonds is 5. The summed E-state index contributed by atoms with van der Waals surface area (Å²) >= 11 is 0. The van der Waals surface area contributed by atoms with Crippen molar-refractivity contribution in [1.82, 2.24) is 15.6 Å². The van der Waals surface area contributed by atoms with Gasteiger partial charge in [-0.2, -0.15) is 0 Å². The van der Waals surface area contributed by atoms with Crippen molar-refractivity contribution in [3.05, 3.63) is 59.3 Å². The van der Waals surface area contributed by atoms with Gasteiger partial charge in [-0.1, -0.05) is 35.9 Å². The Labute approximate surface area is 124 Å². The van der Waals surface area contributed by atoms with Gasteiger partial charge in [0.1, 0.15) is 0 Å². The Balaban J connectivity index is 1.82. The molecule has 0 aliphatic carbocycles. The number of benzene rings is 1. The molecule has 0 saturated heterocycles. The lowest BCUT2D eigenvalue weighted by atomic mass is 10.1.